The molecule has 0 aliphatic heterocycles. The van der Waals surface area contributed by atoms with E-state index in [1.807, 2.05) is 12.1 Å². The van der Waals surface area contributed by atoms with Crippen molar-refractivity contribution in [3.8, 4) is 5.75 Å². The highest BCUT2D eigenvalue weighted by molar-refractivity contribution is 5.21. The molecule has 84 valence electrons. The molecule has 1 unspecified atom stereocenters. The van der Waals surface area contributed by atoms with Crippen LogP contribution < -0.4 is 4.74 Å². The average Bonchev–Trinajstić information content (AvgIpc) is 2.26. The minimum absolute atomic E-state index is 0.0825. The number of hydrogen-bond acceptors (Lipinski definition) is 4. The predicted molar refractivity (Wildman–Crippen MR) is 56.9 cm³/mol. The Morgan fingerprint density at radius 2 is 2.13 bits per heavy atom. The van der Waals surface area contributed by atoms with Crippen LogP contribution in [0.4, 0.5) is 0 Å². The van der Waals surface area contributed by atoms with Gasteiger partial charge in [0, 0.05) is 5.69 Å². The molecule has 1 aromatic rings. The van der Waals surface area contributed by atoms with Gasteiger partial charge in [0.25, 0.3) is 0 Å². The van der Waals surface area contributed by atoms with Gasteiger partial charge in [-0.15, -0.1) is 0 Å². The van der Waals surface area contributed by atoms with Crippen molar-refractivity contribution >= 4 is 0 Å². The molecule has 15 heavy (non-hydrogen) atoms. The van der Waals surface area contributed by atoms with E-state index in [4.69, 9.17) is 14.9 Å². The summed E-state index contributed by atoms with van der Waals surface area (Å²) in [5, 5.41) is 17.7. The van der Waals surface area contributed by atoms with Crippen molar-refractivity contribution in [1.29, 1.82) is 0 Å². The fraction of sp³-hybridized carbons (Fsp3) is 0.545. The zero-order chi connectivity index (χ0) is 11.3. The molecule has 0 fully saturated rings. The molecule has 0 radical (unpaired) electrons. The molecule has 0 spiro atoms. The molecule has 1 rings (SSSR count). The Kier molecular flexibility index (Phi) is 4.52. The molecule has 0 aliphatic carbocycles. The topological polar surface area (TPSA) is 62.6 Å². The zero-order valence-corrected chi connectivity index (χ0v) is 9.05. The smallest absolute Gasteiger partial charge is 0.137 e. The maximum absolute atomic E-state index is 9.07. The highest BCUT2D eigenvalue weighted by Gasteiger charge is 2.04. The van der Waals surface area contributed by atoms with E-state index in [-0.39, 0.29) is 13.2 Å². The van der Waals surface area contributed by atoms with Gasteiger partial charge in [-0.25, -0.2) is 0 Å². The maximum Gasteiger partial charge on any atom is 0.137 e. The molecule has 0 amide bonds. The summed E-state index contributed by atoms with van der Waals surface area (Å²) in [6, 6.07) is 3.71. The van der Waals surface area contributed by atoms with E-state index in [0.29, 0.717) is 11.7 Å². The highest BCUT2D eigenvalue weighted by Crippen LogP contribution is 2.15. The van der Waals surface area contributed by atoms with E-state index >= 15 is 0 Å². The number of nitrogens with zero attached hydrogens (tertiary/aromatic N) is 1. The van der Waals surface area contributed by atoms with Gasteiger partial charge in [-0.3, -0.25) is 4.98 Å². The quantitative estimate of drug-likeness (QED) is 0.760. The van der Waals surface area contributed by atoms with Crippen LogP contribution in [0.15, 0.2) is 18.3 Å². The number of pyridine rings is 1. The summed E-state index contributed by atoms with van der Waals surface area (Å²) in [6.45, 7) is 3.92. The fourth-order valence-corrected chi connectivity index (χ4v) is 1.06. The molecule has 0 aromatic carbocycles. The molecular weight excluding hydrogens is 194 g/mol. The van der Waals surface area contributed by atoms with E-state index < -0.39 is 6.10 Å². The standard InChI is InChI=1S/C11H17NO3/c1-8(2)11-4-3-10(5-12-11)15-7-9(14)6-13/h3-5,8-9,13-14H,6-7H2,1-2H3. The van der Waals surface area contributed by atoms with Crippen LogP contribution in [-0.4, -0.2) is 34.5 Å². The van der Waals surface area contributed by atoms with Crippen molar-refractivity contribution in [2.24, 2.45) is 0 Å². The molecule has 1 aromatic heterocycles. The normalized spacial score (nSPS) is 12.9. The molecule has 2 N–H and O–H groups in total. The van der Waals surface area contributed by atoms with Crippen molar-refractivity contribution in [2.45, 2.75) is 25.9 Å². The molecule has 1 heterocycles. The summed E-state index contributed by atoms with van der Waals surface area (Å²) in [5.41, 5.74) is 1.00. The number of hydrogen-bond donors (Lipinski definition) is 2. The summed E-state index contributed by atoms with van der Waals surface area (Å²) >= 11 is 0. The third-order valence-corrected chi connectivity index (χ3v) is 2.00. The Labute approximate surface area is 89.5 Å². The summed E-state index contributed by atoms with van der Waals surface area (Å²) in [6.07, 6.45) is 0.786. The van der Waals surface area contributed by atoms with Gasteiger partial charge in [0.1, 0.15) is 18.5 Å². The minimum atomic E-state index is -0.838. The van der Waals surface area contributed by atoms with Gasteiger partial charge in [0.15, 0.2) is 0 Å². The molecule has 1 atom stereocenters. The van der Waals surface area contributed by atoms with Crippen LogP contribution in [-0.2, 0) is 0 Å². The van der Waals surface area contributed by atoms with Gasteiger partial charge in [-0.05, 0) is 18.1 Å². The van der Waals surface area contributed by atoms with Crippen molar-refractivity contribution in [3.63, 3.8) is 0 Å². The highest BCUT2D eigenvalue weighted by atomic mass is 16.5. The van der Waals surface area contributed by atoms with E-state index in [9.17, 15) is 0 Å². The van der Waals surface area contributed by atoms with Crippen LogP contribution in [0.3, 0.4) is 0 Å². The number of rotatable bonds is 5. The van der Waals surface area contributed by atoms with E-state index in [1.54, 1.807) is 6.20 Å². The molecule has 4 heteroatoms. The lowest BCUT2D eigenvalue weighted by Gasteiger charge is -2.10. The first kappa shape index (κ1) is 11.9. The predicted octanol–water partition coefficient (Wildman–Crippen LogP) is 0.937. The van der Waals surface area contributed by atoms with Crippen molar-refractivity contribution < 1.29 is 14.9 Å². The van der Waals surface area contributed by atoms with Gasteiger partial charge in [-0.2, -0.15) is 0 Å². The second kappa shape index (κ2) is 5.68. The molecule has 0 saturated heterocycles. The van der Waals surface area contributed by atoms with Crippen LogP contribution in [0.25, 0.3) is 0 Å². The maximum atomic E-state index is 9.07. The van der Waals surface area contributed by atoms with Crippen LogP contribution >= 0.6 is 0 Å². The van der Waals surface area contributed by atoms with Crippen LogP contribution in [0.1, 0.15) is 25.5 Å². The first-order valence-corrected chi connectivity index (χ1v) is 5.01. The summed E-state index contributed by atoms with van der Waals surface area (Å²) in [5.74, 6) is 0.994. The lowest BCUT2D eigenvalue weighted by atomic mass is 10.1. The third kappa shape index (κ3) is 3.85. The van der Waals surface area contributed by atoms with E-state index in [0.717, 1.165) is 5.69 Å². The summed E-state index contributed by atoms with van der Waals surface area (Å²) < 4.78 is 5.22. The van der Waals surface area contributed by atoms with Gasteiger partial charge >= 0.3 is 0 Å². The van der Waals surface area contributed by atoms with E-state index in [2.05, 4.69) is 18.8 Å². The van der Waals surface area contributed by atoms with Crippen LogP contribution in [0, 0.1) is 0 Å². The molecule has 0 saturated carbocycles. The van der Waals surface area contributed by atoms with Gasteiger partial charge in [0.2, 0.25) is 0 Å². The van der Waals surface area contributed by atoms with Crippen molar-refractivity contribution in [1.82, 2.24) is 4.98 Å². The van der Waals surface area contributed by atoms with Gasteiger partial charge < -0.3 is 14.9 Å². The van der Waals surface area contributed by atoms with Gasteiger partial charge in [-0.1, -0.05) is 13.8 Å². The van der Waals surface area contributed by atoms with Crippen LogP contribution in [0.5, 0.6) is 5.75 Å². The SMILES string of the molecule is CC(C)c1ccc(OCC(O)CO)cn1. The average molecular weight is 211 g/mol. The second-order valence-corrected chi connectivity index (χ2v) is 3.72. The largest absolute Gasteiger partial charge is 0.489 e. The molecule has 0 aliphatic rings. The van der Waals surface area contributed by atoms with Crippen molar-refractivity contribution in [2.75, 3.05) is 13.2 Å². The lowest BCUT2D eigenvalue weighted by Crippen LogP contribution is -2.21. The van der Waals surface area contributed by atoms with Crippen molar-refractivity contribution in [3.05, 3.63) is 24.0 Å². The minimum Gasteiger partial charge on any atom is -0.489 e. The summed E-state index contributed by atoms with van der Waals surface area (Å²) in [7, 11) is 0. The Morgan fingerprint density at radius 1 is 1.40 bits per heavy atom. The van der Waals surface area contributed by atoms with Gasteiger partial charge in [0.05, 0.1) is 12.8 Å². The van der Waals surface area contributed by atoms with Crippen LogP contribution in [0.2, 0.25) is 0 Å². The number of ether oxygens (including phenoxy) is 1. The lowest BCUT2D eigenvalue weighted by molar-refractivity contribution is 0.0535. The molecule has 4 nitrogen and oxygen atoms in total. The second-order valence-electron chi connectivity index (χ2n) is 3.72. The summed E-state index contributed by atoms with van der Waals surface area (Å²) in [4.78, 5) is 4.21. The number of aliphatic hydroxyl groups excluding tert-OH is 2. The fourth-order valence-electron chi connectivity index (χ4n) is 1.06. The number of aliphatic hydroxyl groups is 2. The first-order chi connectivity index (χ1) is 7.13. The Balaban J connectivity index is 2.50. The monoisotopic (exact) mass is 211 g/mol. The molecule has 0 bridgehead atoms. The Hall–Kier alpha value is -1.13. The zero-order valence-electron chi connectivity index (χ0n) is 9.05. The van der Waals surface area contributed by atoms with E-state index in [1.165, 1.54) is 0 Å². The first-order valence-electron chi connectivity index (χ1n) is 5.01. The third-order valence-electron chi connectivity index (χ3n) is 2.00. The molecular formula is C11H17NO3. The Morgan fingerprint density at radius 3 is 2.60 bits per heavy atom. The number of aromatic nitrogens is 1. The Bertz CT molecular complexity index is 284.